The van der Waals surface area contributed by atoms with Gasteiger partial charge in [0.1, 0.15) is 0 Å². The van der Waals surface area contributed by atoms with Gasteiger partial charge in [0, 0.05) is 37.5 Å². The molecule has 150 valence electrons. The van der Waals surface area contributed by atoms with Gasteiger partial charge in [-0.2, -0.15) is 0 Å². The molecule has 2 aromatic carbocycles. The fraction of sp³-hybridized carbons (Fsp3) is 0.350. The second-order valence-corrected chi connectivity index (χ2v) is 9.41. The van der Waals surface area contributed by atoms with Gasteiger partial charge in [0.2, 0.25) is 5.91 Å². The number of hydrogen-bond acceptors (Lipinski definition) is 5. The SMILES string of the molecule is CS(=O)(=O)c1ccccc1N1CCN(C(=O)[C@H](N)Cc2ccc(Cl)cc2)CC1. The van der Waals surface area contributed by atoms with Crippen LogP contribution in [-0.4, -0.2) is 57.7 Å². The van der Waals surface area contributed by atoms with E-state index in [4.69, 9.17) is 17.3 Å². The standard InChI is InChI=1S/C20H24ClN3O3S/c1-28(26,27)19-5-3-2-4-18(19)23-10-12-24(13-11-23)20(25)17(22)14-15-6-8-16(21)9-7-15/h2-9,17H,10-14,22H2,1H3/t17-/m1/s1. The van der Waals surface area contributed by atoms with Gasteiger partial charge >= 0.3 is 0 Å². The van der Waals surface area contributed by atoms with Crippen LogP contribution in [0.15, 0.2) is 53.4 Å². The molecular weight excluding hydrogens is 398 g/mol. The number of nitrogens with two attached hydrogens (primary N) is 1. The summed E-state index contributed by atoms with van der Waals surface area (Å²) >= 11 is 5.89. The fourth-order valence-corrected chi connectivity index (χ4v) is 4.42. The van der Waals surface area contributed by atoms with Crippen molar-refractivity contribution in [3.63, 3.8) is 0 Å². The molecule has 0 bridgehead atoms. The molecule has 1 aliphatic heterocycles. The molecule has 8 heteroatoms. The summed E-state index contributed by atoms with van der Waals surface area (Å²) in [6, 6.07) is 13.7. The second-order valence-electron chi connectivity index (χ2n) is 6.99. The average Bonchev–Trinajstić information content (AvgIpc) is 2.68. The summed E-state index contributed by atoms with van der Waals surface area (Å²) in [5.41, 5.74) is 7.77. The molecule has 2 N–H and O–H groups in total. The van der Waals surface area contributed by atoms with E-state index in [0.29, 0.717) is 48.2 Å². The van der Waals surface area contributed by atoms with Gasteiger partial charge in [-0.05, 0) is 36.2 Å². The summed E-state index contributed by atoms with van der Waals surface area (Å²) in [6.45, 7) is 2.13. The number of halogens is 1. The van der Waals surface area contributed by atoms with Crippen LogP contribution in [0.2, 0.25) is 5.02 Å². The van der Waals surface area contributed by atoms with Crippen LogP contribution in [0, 0.1) is 0 Å². The summed E-state index contributed by atoms with van der Waals surface area (Å²) in [6.07, 6.45) is 1.66. The number of nitrogens with zero attached hydrogens (tertiary/aromatic N) is 2. The molecule has 0 aliphatic carbocycles. The zero-order valence-corrected chi connectivity index (χ0v) is 17.3. The van der Waals surface area contributed by atoms with Crippen LogP contribution in [0.1, 0.15) is 5.56 Å². The van der Waals surface area contributed by atoms with Gasteiger partial charge in [0.05, 0.1) is 16.6 Å². The summed E-state index contributed by atoms with van der Waals surface area (Å²) in [5.74, 6) is -0.0917. The number of benzene rings is 2. The average molecular weight is 422 g/mol. The van der Waals surface area contributed by atoms with E-state index >= 15 is 0 Å². The second kappa shape index (κ2) is 8.51. The zero-order valence-electron chi connectivity index (χ0n) is 15.7. The van der Waals surface area contributed by atoms with Crippen molar-refractivity contribution in [3.8, 4) is 0 Å². The minimum atomic E-state index is -3.32. The molecule has 1 atom stereocenters. The van der Waals surface area contributed by atoms with Gasteiger partial charge in [-0.15, -0.1) is 0 Å². The lowest BCUT2D eigenvalue weighted by molar-refractivity contribution is -0.132. The van der Waals surface area contributed by atoms with E-state index in [1.54, 1.807) is 35.2 Å². The lowest BCUT2D eigenvalue weighted by atomic mass is 10.1. The number of rotatable bonds is 5. The number of carbonyl (C=O) groups is 1. The van der Waals surface area contributed by atoms with E-state index in [1.807, 2.05) is 23.1 Å². The van der Waals surface area contributed by atoms with Crippen LogP contribution in [0.25, 0.3) is 0 Å². The van der Waals surface area contributed by atoms with E-state index in [1.165, 1.54) is 6.26 Å². The molecule has 0 aromatic heterocycles. The number of carbonyl (C=O) groups excluding carboxylic acids is 1. The van der Waals surface area contributed by atoms with Gasteiger partial charge in [-0.1, -0.05) is 35.9 Å². The van der Waals surface area contributed by atoms with E-state index in [0.717, 1.165) is 5.56 Å². The highest BCUT2D eigenvalue weighted by molar-refractivity contribution is 7.90. The van der Waals surface area contributed by atoms with E-state index in [9.17, 15) is 13.2 Å². The van der Waals surface area contributed by atoms with Gasteiger partial charge < -0.3 is 15.5 Å². The Morgan fingerprint density at radius 2 is 1.68 bits per heavy atom. The number of amides is 1. The van der Waals surface area contributed by atoms with E-state index in [-0.39, 0.29) is 5.91 Å². The molecule has 1 saturated heterocycles. The molecule has 1 fully saturated rings. The van der Waals surface area contributed by atoms with Crippen LogP contribution < -0.4 is 10.6 Å². The minimum Gasteiger partial charge on any atom is -0.367 e. The quantitative estimate of drug-likeness (QED) is 0.797. The van der Waals surface area contributed by atoms with Crippen LogP contribution in [0.3, 0.4) is 0 Å². The number of para-hydroxylation sites is 1. The lowest BCUT2D eigenvalue weighted by Crippen LogP contribution is -2.53. The first-order valence-corrected chi connectivity index (χ1v) is 11.4. The summed E-state index contributed by atoms with van der Waals surface area (Å²) in [7, 11) is -3.32. The van der Waals surface area contributed by atoms with Gasteiger partial charge in [-0.25, -0.2) is 8.42 Å². The summed E-state index contributed by atoms with van der Waals surface area (Å²) in [4.78, 5) is 16.8. The number of sulfone groups is 1. The predicted molar refractivity (Wildman–Crippen MR) is 111 cm³/mol. The number of hydrogen-bond donors (Lipinski definition) is 1. The Hall–Kier alpha value is -2.09. The lowest BCUT2D eigenvalue weighted by Gasteiger charge is -2.37. The van der Waals surface area contributed by atoms with Crippen molar-refractivity contribution in [2.75, 3.05) is 37.3 Å². The first kappa shape index (κ1) is 20.6. The first-order valence-electron chi connectivity index (χ1n) is 9.08. The Kier molecular flexibility index (Phi) is 6.27. The number of anilines is 1. The third-order valence-corrected chi connectivity index (χ3v) is 6.28. The van der Waals surface area contributed by atoms with Crippen LogP contribution >= 0.6 is 11.6 Å². The van der Waals surface area contributed by atoms with Crippen molar-refractivity contribution in [1.82, 2.24) is 4.90 Å². The van der Waals surface area contributed by atoms with Gasteiger partial charge in [0.15, 0.2) is 9.84 Å². The maximum Gasteiger partial charge on any atom is 0.239 e. The number of piperazine rings is 1. The fourth-order valence-electron chi connectivity index (χ4n) is 3.40. The van der Waals surface area contributed by atoms with Crippen LogP contribution in [0.5, 0.6) is 0 Å². The largest absolute Gasteiger partial charge is 0.367 e. The summed E-state index contributed by atoms with van der Waals surface area (Å²) < 4.78 is 24.1. The summed E-state index contributed by atoms with van der Waals surface area (Å²) in [5, 5.41) is 0.647. The zero-order chi connectivity index (χ0) is 20.3. The van der Waals surface area contributed by atoms with Crippen LogP contribution in [-0.2, 0) is 21.1 Å². The Labute approximate surface area is 170 Å². The Balaban J connectivity index is 1.62. The maximum atomic E-state index is 12.7. The predicted octanol–water partition coefficient (Wildman–Crippen LogP) is 1.96. The molecule has 1 heterocycles. The Morgan fingerprint density at radius 1 is 1.07 bits per heavy atom. The minimum absolute atomic E-state index is 0.0917. The monoisotopic (exact) mass is 421 g/mol. The molecule has 6 nitrogen and oxygen atoms in total. The van der Waals surface area contributed by atoms with Crippen molar-refractivity contribution in [1.29, 1.82) is 0 Å². The molecule has 0 spiro atoms. The third kappa shape index (κ3) is 4.84. The van der Waals surface area contributed by atoms with Gasteiger partial charge in [0.25, 0.3) is 0 Å². The van der Waals surface area contributed by atoms with Gasteiger partial charge in [-0.3, -0.25) is 4.79 Å². The van der Waals surface area contributed by atoms with E-state index < -0.39 is 15.9 Å². The molecule has 28 heavy (non-hydrogen) atoms. The van der Waals surface area contributed by atoms with E-state index in [2.05, 4.69) is 0 Å². The van der Waals surface area contributed by atoms with Crippen molar-refractivity contribution < 1.29 is 13.2 Å². The molecule has 0 unspecified atom stereocenters. The molecule has 1 aliphatic rings. The normalized spacial score (nSPS) is 16.1. The van der Waals surface area contributed by atoms with Crippen molar-refractivity contribution >= 4 is 33.0 Å². The molecule has 0 radical (unpaired) electrons. The van der Waals surface area contributed by atoms with Crippen LogP contribution in [0.4, 0.5) is 5.69 Å². The molecule has 2 aromatic rings. The molecule has 1 amide bonds. The Morgan fingerprint density at radius 3 is 2.29 bits per heavy atom. The highest BCUT2D eigenvalue weighted by Crippen LogP contribution is 2.26. The van der Waals surface area contributed by atoms with Crippen molar-refractivity contribution in [2.45, 2.75) is 17.4 Å². The Bertz CT molecular complexity index is 939. The molecule has 0 saturated carbocycles. The molecular formula is C20H24ClN3O3S. The maximum absolute atomic E-state index is 12.7. The highest BCUT2D eigenvalue weighted by atomic mass is 35.5. The highest BCUT2D eigenvalue weighted by Gasteiger charge is 2.27. The third-order valence-electron chi connectivity index (χ3n) is 4.88. The van der Waals surface area contributed by atoms with Crippen molar-refractivity contribution in [3.05, 3.63) is 59.1 Å². The topological polar surface area (TPSA) is 83.7 Å². The first-order chi connectivity index (χ1) is 13.3. The smallest absolute Gasteiger partial charge is 0.239 e. The molecule has 3 rings (SSSR count). The van der Waals surface area contributed by atoms with Crippen molar-refractivity contribution in [2.24, 2.45) is 5.73 Å².